The molecule has 0 fully saturated rings. The molecule has 10 heteroatoms. The highest BCUT2D eigenvalue weighted by Gasteiger charge is 2.26. The molecule has 0 heterocycles. The van der Waals surface area contributed by atoms with Crippen LogP contribution in [0.3, 0.4) is 0 Å². The topological polar surface area (TPSA) is 134 Å². The Hall–Kier alpha value is -1.77. The number of allylic oxidation sites excluding steroid dienone is 6. The molecular weight excluding hydrogens is 750 g/mol. The van der Waals surface area contributed by atoms with Crippen LogP contribution in [0.2, 0.25) is 0 Å². The Morgan fingerprint density at radius 2 is 0.897 bits per heavy atom. The van der Waals surface area contributed by atoms with Crippen LogP contribution in [0.5, 0.6) is 0 Å². The van der Waals surface area contributed by atoms with Gasteiger partial charge in [-0.15, -0.1) is 0 Å². The van der Waals surface area contributed by atoms with Crippen molar-refractivity contribution in [3.05, 3.63) is 36.5 Å². The lowest BCUT2D eigenvalue weighted by atomic mass is 10.0. The van der Waals surface area contributed by atoms with Crippen molar-refractivity contribution in [2.45, 2.75) is 232 Å². The Morgan fingerprint density at radius 1 is 0.517 bits per heavy atom. The predicted molar refractivity (Wildman–Crippen MR) is 243 cm³/mol. The maximum absolute atomic E-state index is 12.6. The molecular formula is C48H90NO8P. The molecule has 0 radical (unpaired) electrons. The molecule has 0 amide bonds. The van der Waals surface area contributed by atoms with Crippen LogP contribution in [0.25, 0.3) is 0 Å². The number of carbonyl (C=O) groups excluding carboxylic acids is 2. The highest BCUT2D eigenvalue weighted by Crippen LogP contribution is 2.43. The molecule has 2 unspecified atom stereocenters. The second-order valence-electron chi connectivity index (χ2n) is 16.0. The maximum Gasteiger partial charge on any atom is 0.472 e. The van der Waals surface area contributed by atoms with Crippen LogP contribution >= 0.6 is 7.82 Å². The first kappa shape index (κ1) is 56.2. The third-order valence-corrected chi connectivity index (χ3v) is 11.3. The van der Waals surface area contributed by atoms with Crippen molar-refractivity contribution in [3.8, 4) is 0 Å². The second kappa shape index (κ2) is 44.8. The van der Waals surface area contributed by atoms with Crippen molar-refractivity contribution < 1.29 is 37.6 Å². The van der Waals surface area contributed by atoms with E-state index in [0.29, 0.717) is 6.42 Å². The summed E-state index contributed by atoms with van der Waals surface area (Å²) in [6.45, 7) is 3.72. The van der Waals surface area contributed by atoms with Crippen LogP contribution in [-0.4, -0.2) is 49.3 Å². The number of nitrogens with two attached hydrogens (primary N) is 1. The minimum atomic E-state index is -4.37. The Kier molecular flexibility index (Phi) is 43.4. The monoisotopic (exact) mass is 840 g/mol. The first-order valence-corrected chi connectivity index (χ1v) is 25.5. The van der Waals surface area contributed by atoms with Crippen molar-refractivity contribution in [1.82, 2.24) is 0 Å². The van der Waals surface area contributed by atoms with Gasteiger partial charge in [-0.2, -0.15) is 0 Å². The first-order chi connectivity index (χ1) is 28.3. The van der Waals surface area contributed by atoms with E-state index in [-0.39, 0.29) is 38.6 Å². The maximum atomic E-state index is 12.6. The Bertz CT molecular complexity index is 1050. The van der Waals surface area contributed by atoms with Gasteiger partial charge in [0.15, 0.2) is 6.10 Å². The summed E-state index contributed by atoms with van der Waals surface area (Å²) in [5, 5.41) is 0. The second-order valence-corrected chi connectivity index (χ2v) is 17.4. The van der Waals surface area contributed by atoms with Crippen LogP contribution in [0.1, 0.15) is 226 Å². The van der Waals surface area contributed by atoms with Crippen molar-refractivity contribution in [1.29, 1.82) is 0 Å². The summed E-state index contributed by atoms with van der Waals surface area (Å²) in [6, 6.07) is 0. The summed E-state index contributed by atoms with van der Waals surface area (Å²) < 4.78 is 32.8. The van der Waals surface area contributed by atoms with Crippen LogP contribution in [0.15, 0.2) is 36.5 Å². The van der Waals surface area contributed by atoms with E-state index in [9.17, 15) is 19.0 Å². The lowest BCUT2D eigenvalue weighted by molar-refractivity contribution is -0.161. The van der Waals surface area contributed by atoms with E-state index in [1.54, 1.807) is 0 Å². The standard InChI is InChI=1S/C48H90NO8P/c1-3-5-7-9-11-13-15-16-17-18-19-20-21-22-23-24-25-26-27-28-29-30-31-33-35-37-39-41-48(51)57-46(45-56-58(52,53)55-43-42-49)44-54-47(50)40-38-36-34-32-14-12-10-8-6-4-2/h15-16,18-19,21-22,46H,3-14,17,20,23-45,49H2,1-2H3,(H,52,53)/b16-15-,19-18-,22-21-. The number of esters is 2. The normalized spacial score (nSPS) is 13.5. The smallest absolute Gasteiger partial charge is 0.462 e. The van der Waals surface area contributed by atoms with Gasteiger partial charge in [0.1, 0.15) is 6.61 Å². The van der Waals surface area contributed by atoms with Crippen molar-refractivity contribution in [2.24, 2.45) is 5.73 Å². The molecule has 0 aromatic rings. The van der Waals surface area contributed by atoms with E-state index < -0.39 is 26.5 Å². The molecule has 0 aliphatic rings. The number of ether oxygens (including phenoxy) is 2. The molecule has 0 aromatic carbocycles. The van der Waals surface area contributed by atoms with Crippen molar-refractivity contribution in [3.63, 3.8) is 0 Å². The van der Waals surface area contributed by atoms with Gasteiger partial charge in [-0.05, 0) is 51.4 Å². The molecule has 0 bridgehead atoms. The summed E-state index contributed by atoms with van der Waals surface area (Å²) in [5.41, 5.74) is 5.35. The van der Waals surface area contributed by atoms with E-state index in [4.69, 9.17) is 24.3 Å². The number of hydrogen-bond acceptors (Lipinski definition) is 8. The molecule has 2 atom stereocenters. The Balaban J connectivity index is 3.97. The summed E-state index contributed by atoms with van der Waals surface area (Å²) in [5.74, 6) is -0.826. The molecule has 0 aliphatic carbocycles. The summed E-state index contributed by atoms with van der Waals surface area (Å²) >= 11 is 0. The zero-order valence-electron chi connectivity index (χ0n) is 37.5. The van der Waals surface area contributed by atoms with Crippen LogP contribution < -0.4 is 5.73 Å². The van der Waals surface area contributed by atoms with Gasteiger partial charge in [0, 0.05) is 19.4 Å². The van der Waals surface area contributed by atoms with Gasteiger partial charge in [-0.3, -0.25) is 18.6 Å². The molecule has 0 saturated heterocycles. The van der Waals surface area contributed by atoms with Crippen molar-refractivity contribution >= 4 is 19.8 Å². The van der Waals surface area contributed by atoms with E-state index >= 15 is 0 Å². The number of phosphoric acid groups is 1. The fraction of sp³-hybridized carbons (Fsp3) is 0.833. The summed E-state index contributed by atoms with van der Waals surface area (Å²) in [4.78, 5) is 34.8. The highest BCUT2D eigenvalue weighted by atomic mass is 31.2. The molecule has 0 spiro atoms. The number of rotatable bonds is 45. The highest BCUT2D eigenvalue weighted by molar-refractivity contribution is 7.47. The van der Waals surface area contributed by atoms with E-state index in [1.807, 2.05) is 0 Å². The van der Waals surface area contributed by atoms with E-state index in [0.717, 1.165) is 51.4 Å². The quantitative estimate of drug-likeness (QED) is 0.0266. The number of hydrogen-bond donors (Lipinski definition) is 2. The first-order valence-electron chi connectivity index (χ1n) is 24.0. The summed E-state index contributed by atoms with van der Waals surface area (Å²) in [6.07, 6.45) is 50.5. The molecule has 3 N–H and O–H groups in total. The molecule has 0 rings (SSSR count). The Labute approximate surface area is 356 Å². The van der Waals surface area contributed by atoms with Gasteiger partial charge in [0.2, 0.25) is 0 Å². The summed E-state index contributed by atoms with van der Waals surface area (Å²) in [7, 11) is -4.37. The lowest BCUT2D eigenvalue weighted by Crippen LogP contribution is -2.29. The van der Waals surface area contributed by atoms with Crippen LogP contribution in [-0.2, 0) is 32.7 Å². The van der Waals surface area contributed by atoms with Gasteiger partial charge < -0.3 is 20.1 Å². The van der Waals surface area contributed by atoms with Gasteiger partial charge >= 0.3 is 19.8 Å². The minimum absolute atomic E-state index is 0.0540. The van der Waals surface area contributed by atoms with Crippen LogP contribution in [0.4, 0.5) is 0 Å². The molecule has 58 heavy (non-hydrogen) atoms. The zero-order chi connectivity index (χ0) is 42.5. The largest absolute Gasteiger partial charge is 0.472 e. The molecule has 9 nitrogen and oxygen atoms in total. The minimum Gasteiger partial charge on any atom is -0.462 e. The van der Waals surface area contributed by atoms with E-state index in [1.165, 1.54) is 141 Å². The van der Waals surface area contributed by atoms with Crippen molar-refractivity contribution in [2.75, 3.05) is 26.4 Å². The number of unbranched alkanes of at least 4 members (excludes halogenated alkanes) is 26. The Morgan fingerprint density at radius 3 is 1.33 bits per heavy atom. The number of phosphoric ester groups is 1. The molecule has 340 valence electrons. The molecule has 0 saturated carbocycles. The number of carbonyl (C=O) groups is 2. The van der Waals surface area contributed by atoms with Gasteiger partial charge in [0.25, 0.3) is 0 Å². The van der Waals surface area contributed by atoms with Crippen LogP contribution in [0, 0.1) is 0 Å². The predicted octanol–water partition coefficient (Wildman–Crippen LogP) is 14.1. The lowest BCUT2D eigenvalue weighted by Gasteiger charge is -2.19. The fourth-order valence-electron chi connectivity index (χ4n) is 6.70. The van der Waals surface area contributed by atoms with Gasteiger partial charge in [0.05, 0.1) is 13.2 Å². The third kappa shape index (κ3) is 43.8. The van der Waals surface area contributed by atoms with Gasteiger partial charge in [-0.25, -0.2) is 4.57 Å². The third-order valence-electron chi connectivity index (χ3n) is 10.3. The SMILES string of the molecule is CCCCCCC/C=C\C/C=C\C/C=C\CCCCCCCCCCCCCCC(=O)OC(COC(=O)CCCCCCCCCCCC)COP(=O)(O)OCCN. The molecule has 0 aromatic heterocycles. The fourth-order valence-corrected chi connectivity index (χ4v) is 7.47. The van der Waals surface area contributed by atoms with E-state index in [2.05, 4.69) is 50.3 Å². The average molecular weight is 840 g/mol. The average Bonchev–Trinajstić information content (AvgIpc) is 3.21. The molecule has 0 aliphatic heterocycles. The van der Waals surface area contributed by atoms with Gasteiger partial charge in [-0.1, -0.05) is 198 Å². The zero-order valence-corrected chi connectivity index (χ0v) is 38.4.